The second-order valence-corrected chi connectivity index (χ2v) is 6.14. The molecule has 0 spiro atoms. The van der Waals surface area contributed by atoms with E-state index in [1.165, 1.54) is 0 Å². The SMILES string of the molecule is CN(C)C(C)(C)CNCC(O)COc1ccccc1Cl. The van der Waals surface area contributed by atoms with E-state index in [4.69, 9.17) is 16.3 Å². The van der Waals surface area contributed by atoms with Crippen molar-refractivity contribution >= 4 is 11.6 Å². The zero-order chi connectivity index (χ0) is 15.2. The number of nitrogens with one attached hydrogen (secondary N) is 1. The van der Waals surface area contributed by atoms with Gasteiger partial charge in [-0.3, -0.25) is 0 Å². The van der Waals surface area contributed by atoms with E-state index in [1.807, 2.05) is 26.2 Å². The molecule has 0 saturated carbocycles. The van der Waals surface area contributed by atoms with Gasteiger partial charge in [0, 0.05) is 18.6 Å². The molecule has 0 amide bonds. The normalized spacial score (nSPS) is 13.6. The molecule has 20 heavy (non-hydrogen) atoms. The lowest BCUT2D eigenvalue weighted by molar-refractivity contribution is 0.100. The lowest BCUT2D eigenvalue weighted by Gasteiger charge is -2.33. The number of halogens is 1. The van der Waals surface area contributed by atoms with Crippen LogP contribution in [0.5, 0.6) is 5.75 Å². The Morgan fingerprint density at radius 1 is 1.35 bits per heavy atom. The highest BCUT2D eigenvalue weighted by Gasteiger charge is 2.20. The van der Waals surface area contributed by atoms with E-state index in [2.05, 4.69) is 24.1 Å². The van der Waals surface area contributed by atoms with Gasteiger partial charge in [-0.15, -0.1) is 0 Å². The van der Waals surface area contributed by atoms with Crippen molar-refractivity contribution in [3.63, 3.8) is 0 Å². The van der Waals surface area contributed by atoms with Crippen LogP contribution < -0.4 is 10.1 Å². The monoisotopic (exact) mass is 300 g/mol. The molecular weight excluding hydrogens is 276 g/mol. The van der Waals surface area contributed by atoms with Gasteiger partial charge in [-0.25, -0.2) is 0 Å². The zero-order valence-electron chi connectivity index (χ0n) is 12.7. The molecule has 0 aliphatic carbocycles. The number of hydrogen-bond acceptors (Lipinski definition) is 4. The molecule has 0 saturated heterocycles. The van der Waals surface area contributed by atoms with Crippen LogP contribution in [0.4, 0.5) is 0 Å². The first-order chi connectivity index (χ1) is 9.33. The average molecular weight is 301 g/mol. The van der Waals surface area contributed by atoms with Crippen LogP contribution in [-0.2, 0) is 0 Å². The van der Waals surface area contributed by atoms with Crippen molar-refractivity contribution in [3.8, 4) is 5.75 Å². The Morgan fingerprint density at radius 3 is 2.60 bits per heavy atom. The predicted molar refractivity (Wildman–Crippen MR) is 83.6 cm³/mol. The predicted octanol–water partition coefficient (Wildman–Crippen LogP) is 2.01. The standard InChI is InChI=1S/C15H25ClN2O2/c1-15(2,18(3)4)11-17-9-12(19)10-20-14-8-6-5-7-13(14)16/h5-8,12,17,19H,9-11H2,1-4H3. The highest BCUT2D eigenvalue weighted by Crippen LogP contribution is 2.23. The largest absolute Gasteiger partial charge is 0.489 e. The molecule has 4 nitrogen and oxygen atoms in total. The van der Waals surface area contributed by atoms with Crippen molar-refractivity contribution in [2.45, 2.75) is 25.5 Å². The summed E-state index contributed by atoms with van der Waals surface area (Å²) in [6.45, 7) is 5.79. The highest BCUT2D eigenvalue weighted by atomic mass is 35.5. The van der Waals surface area contributed by atoms with Crippen molar-refractivity contribution in [2.24, 2.45) is 0 Å². The van der Waals surface area contributed by atoms with Gasteiger partial charge in [-0.1, -0.05) is 23.7 Å². The van der Waals surface area contributed by atoms with Gasteiger partial charge in [-0.2, -0.15) is 0 Å². The van der Waals surface area contributed by atoms with Gasteiger partial charge in [0.15, 0.2) is 0 Å². The van der Waals surface area contributed by atoms with E-state index in [0.717, 1.165) is 6.54 Å². The summed E-state index contributed by atoms with van der Waals surface area (Å²) in [5.41, 5.74) is 0.0450. The fourth-order valence-corrected chi connectivity index (χ4v) is 1.70. The third-order valence-corrected chi connectivity index (χ3v) is 3.73. The van der Waals surface area contributed by atoms with Gasteiger partial charge in [0.05, 0.1) is 5.02 Å². The van der Waals surface area contributed by atoms with E-state index in [-0.39, 0.29) is 12.1 Å². The van der Waals surface area contributed by atoms with E-state index in [1.54, 1.807) is 12.1 Å². The lowest BCUT2D eigenvalue weighted by Crippen LogP contribution is -2.48. The number of benzene rings is 1. The Labute approximate surface area is 126 Å². The molecule has 0 heterocycles. The summed E-state index contributed by atoms with van der Waals surface area (Å²) in [7, 11) is 4.08. The first kappa shape index (κ1) is 17.2. The number of ether oxygens (including phenoxy) is 1. The fourth-order valence-electron chi connectivity index (χ4n) is 1.51. The maximum absolute atomic E-state index is 9.89. The number of aliphatic hydroxyl groups excluding tert-OH is 1. The summed E-state index contributed by atoms with van der Waals surface area (Å²) in [4.78, 5) is 2.15. The van der Waals surface area contributed by atoms with Gasteiger partial charge in [0.1, 0.15) is 18.5 Å². The molecule has 114 valence electrons. The molecule has 0 aliphatic rings. The fraction of sp³-hybridized carbons (Fsp3) is 0.600. The lowest BCUT2D eigenvalue weighted by atomic mass is 10.0. The summed E-state index contributed by atoms with van der Waals surface area (Å²) < 4.78 is 5.50. The van der Waals surface area contributed by atoms with Crippen molar-refractivity contribution in [2.75, 3.05) is 33.8 Å². The molecule has 0 bridgehead atoms. The number of aliphatic hydroxyl groups is 1. The summed E-state index contributed by atoms with van der Waals surface area (Å²) in [5, 5.41) is 13.7. The maximum Gasteiger partial charge on any atom is 0.138 e. The van der Waals surface area contributed by atoms with Crippen LogP contribution in [0.3, 0.4) is 0 Å². The Balaban J connectivity index is 2.28. The van der Waals surface area contributed by atoms with Crippen LogP contribution in [0.2, 0.25) is 5.02 Å². The summed E-state index contributed by atoms with van der Waals surface area (Å²) in [6.07, 6.45) is -0.566. The molecule has 1 aromatic rings. The Kier molecular flexibility index (Phi) is 6.76. The second kappa shape index (κ2) is 7.84. The average Bonchev–Trinajstić information content (AvgIpc) is 2.37. The minimum absolute atomic E-state index is 0.0450. The summed E-state index contributed by atoms with van der Waals surface area (Å²) >= 11 is 5.98. The first-order valence-electron chi connectivity index (χ1n) is 6.76. The molecule has 0 aliphatic heterocycles. The van der Waals surface area contributed by atoms with Crippen LogP contribution in [0.25, 0.3) is 0 Å². The molecular formula is C15H25ClN2O2. The van der Waals surface area contributed by atoms with Gasteiger partial charge < -0.3 is 20.1 Å². The van der Waals surface area contributed by atoms with Crippen LogP contribution >= 0.6 is 11.6 Å². The molecule has 0 fully saturated rings. The van der Waals surface area contributed by atoms with E-state index >= 15 is 0 Å². The van der Waals surface area contributed by atoms with Crippen molar-refractivity contribution in [1.29, 1.82) is 0 Å². The van der Waals surface area contributed by atoms with Crippen molar-refractivity contribution < 1.29 is 9.84 Å². The number of rotatable bonds is 8. The molecule has 1 unspecified atom stereocenters. The van der Waals surface area contributed by atoms with Crippen molar-refractivity contribution in [3.05, 3.63) is 29.3 Å². The minimum atomic E-state index is -0.566. The third kappa shape index (κ3) is 5.67. The molecule has 1 aromatic carbocycles. The number of nitrogens with zero attached hydrogens (tertiary/aromatic N) is 1. The first-order valence-corrected chi connectivity index (χ1v) is 7.14. The number of likely N-dealkylation sites (N-methyl/N-ethyl adjacent to an activating group) is 1. The van der Waals surface area contributed by atoms with Crippen LogP contribution in [0.15, 0.2) is 24.3 Å². The van der Waals surface area contributed by atoms with E-state index in [0.29, 0.717) is 17.3 Å². The minimum Gasteiger partial charge on any atom is -0.489 e. The third-order valence-electron chi connectivity index (χ3n) is 3.42. The molecule has 0 radical (unpaired) electrons. The van der Waals surface area contributed by atoms with Crippen LogP contribution in [0, 0.1) is 0 Å². The Morgan fingerprint density at radius 2 is 2.00 bits per heavy atom. The van der Waals surface area contributed by atoms with Crippen LogP contribution in [-0.4, -0.2) is 55.4 Å². The van der Waals surface area contributed by atoms with Gasteiger partial charge in [0.25, 0.3) is 0 Å². The molecule has 1 rings (SSSR count). The topological polar surface area (TPSA) is 44.7 Å². The number of para-hydroxylation sites is 1. The smallest absolute Gasteiger partial charge is 0.138 e. The van der Waals surface area contributed by atoms with Gasteiger partial charge in [-0.05, 0) is 40.1 Å². The van der Waals surface area contributed by atoms with Gasteiger partial charge in [0.2, 0.25) is 0 Å². The Bertz CT molecular complexity index is 411. The number of hydrogen-bond donors (Lipinski definition) is 2. The molecule has 2 N–H and O–H groups in total. The summed E-state index contributed by atoms with van der Waals surface area (Å²) in [5.74, 6) is 0.599. The molecule has 5 heteroatoms. The Hall–Kier alpha value is -0.810. The van der Waals surface area contributed by atoms with Crippen molar-refractivity contribution in [1.82, 2.24) is 10.2 Å². The summed E-state index contributed by atoms with van der Waals surface area (Å²) in [6, 6.07) is 7.25. The van der Waals surface area contributed by atoms with Crippen LogP contribution in [0.1, 0.15) is 13.8 Å². The zero-order valence-corrected chi connectivity index (χ0v) is 13.4. The van der Waals surface area contributed by atoms with E-state index in [9.17, 15) is 5.11 Å². The molecule has 1 atom stereocenters. The van der Waals surface area contributed by atoms with Gasteiger partial charge >= 0.3 is 0 Å². The van der Waals surface area contributed by atoms with E-state index < -0.39 is 6.10 Å². The molecule has 0 aromatic heterocycles. The maximum atomic E-state index is 9.89. The second-order valence-electron chi connectivity index (χ2n) is 5.73. The highest BCUT2D eigenvalue weighted by molar-refractivity contribution is 6.32. The quantitative estimate of drug-likeness (QED) is 0.771.